The normalized spacial score (nSPS) is 11.2. The molecule has 1 unspecified atom stereocenters. The van der Waals surface area contributed by atoms with Gasteiger partial charge < -0.3 is 30.5 Å². The number of imidazole rings is 1. The van der Waals surface area contributed by atoms with E-state index in [4.69, 9.17) is 25.5 Å². The van der Waals surface area contributed by atoms with Crippen LogP contribution in [0.15, 0.2) is 61.1 Å². The van der Waals surface area contributed by atoms with E-state index in [-0.39, 0.29) is 18.8 Å². The van der Waals surface area contributed by atoms with Crippen molar-refractivity contribution < 1.29 is 14.2 Å². The summed E-state index contributed by atoms with van der Waals surface area (Å²) >= 11 is 2.03. The third-order valence-corrected chi connectivity index (χ3v) is 6.57. The number of nitrogens with one attached hydrogen (secondary N) is 3. The van der Waals surface area contributed by atoms with Gasteiger partial charge in [0.05, 0.1) is 25.3 Å². The smallest absolute Gasteiger partial charge is 0.246 e. The fraction of sp³-hybridized carbons (Fsp3) is 0.200. The molecule has 0 radical (unpaired) electrons. The molecule has 0 fully saturated rings. The molecule has 0 spiro atoms. The lowest BCUT2D eigenvalue weighted by atomic mass is 10.1. The molecule has 1 amide bonds. The molecule has 2 aromatic carbocycles. The summed E-state index contributed by atoms with van der Waals surface area (Å²) in [5.41, 5.74) is 13.8. The van der Waals surface area contributed by atoms with Crippen molar-refractivity contribution in [3.05, 3.63) is 66.6 Å². The van der Waals surface area contributed by atoms with Gasteiger partial charge in [0.2, 0.25) is 5.91 Å². The molecule has 4 rings (SSSR count). The van der Waals surface area contributed by atoms with Gasteiger partial charge >= 0.3 is 0 Å². The number of ether oxygens (including phenoxy) is 1. The van der Waals surface area contributed by atoms with E-state index in [9.17, 15) is 4.79 Å². The summed E-state index contributed by atoms with van der Waals surface area (Å²) in [5.74, 6) is 0.424. The highest BCUT2D eigenvalue weighted by Gasteiger charge is 2.11. The summed E-state index contributed by atoms with van der Waals surface area (Å²) in [6.45, 7) is 1.70. The molecule has 13 heteroatoms. The monoisotopic (exact) mass is 646 g/mol. The second-order valence-corrected chi connectivity index (χ2v) is 9.96. The Morgan fingerprint density at radius 3 is 2.82 bits per heavy atom. The van der Waals surface area contributed by atoms with Crippen LogP contribution in [0.4, 0.5) is 22.9 Å². The number of hydrogen-bond donors (Lipinski definition) is 4. The van der Waals surface area contributed by atoms with Crippen molar-refractivity contribution in [3.8, 4) is 11.3 Å². The predicted octanol–water partition coefficient (Wildman–Crippen LogP) is 4.55. The maximum absolute atomic E-state index is 11.5. The molecule has 198 valence electrons. The molecule has 0 aliphatic carbocycles. The first-order valence-corrected chi connectivity index (χ1v) is 15.7. The number of likely N-dealkylation sites (N-methyl/N-ethyl adjacent to an activating group) is 1. The molecule has 0 aliphatic heterocycles. The number of benzene rings is 2. The number of carbonyl (C=O) groups excluding carboxylic acids is 1. The number of amides is 1. The van der Waals surface area contributed by atoms with Crippen molar-refractivity contribution in [3.63, 3.8) is 0 Å². The number of rotatable bonds is 13. The van der Waals surface area contributed by atoms with Crippen LogP contribution in [-0.4, -0.2) is 53.3 Å². The maximum atomic E-state index is 11.5. The van der Waals surface area contributed by atoms with Gasteiger partial charge in [-0.25, -0.2) is 20.1 Å². The summed E-state index contributed by atoms with van der Waals surface area (Å²) in [7, 11) is 1.99. The van der Waals surface area contributed by atoms with Crippen LogP contribution in [0.2, 0.25) is 0 Å². The Balaban J connectivity index is 1.38. The van der Waals surface area contributed by atoms with Crippen LogP contribution in [0, 0.1) is 5.41 Å². The van der Waals surface area contributed by atoms with Crippen molar-refractivity contribution in [1.29, 1.82) is 5.41 Å². The Morgan fingerprint density at radius 1 is 1.26 bits per heavy atom. The molecule has 0 saturated heterocycles. The van der Waals surface area contributed by atoms with Crippen molar-refractivity contribution in [2.45, 2.75) is 6.42 Å². The van der Waals surface area contributed by atoms with Gasteiger partial charge in [0.1, 0.15) is 6.45 Å². The van der Waals surface area contributed by atoms with E-state index < -0.39 is 0 Å². The topological polar surface area (TPSA) is 143 Å². The fourth-order valence-corrected chi connectivity index (χ4v) is 4.16. The van der Waals surface area contributed by atoms with E-state index in [1.165, 1.54) is 6.21 Å². The van der Waals surface area contributed by atoms with E-state index >= 15 is 0 Å². The van der Waals surface area contributed by atoms with Gasteiger partial charge in [0, 0.05) is 66.6 Å². The minimum Gasteiger partial charge on any atom is -0.398 e. The molecule has 38 heavy (non-hydrogen) atoms. The molecule has 2 aromatic heterocycles. The molecule has 11 nitrogen and oxygen atoms in total. The van der Waals surface area contributed by atoms with Crippen LogP contribution >= 0.6 is 28.5 Å². The van der Waals surface area contributed by atoms with Gasteiger partial charge in [-0.15, -0.1) is 0 Å². The summed E-state index contributed by atoms with van der Waals surface area (Å²) in [6, 6.07) is 13.5. The number of hydroxylamine groups is 1. The average Bonchev–Trinajstić information content (AvgIpc) is 3.41. The quantitative estimate of drug-likeness (QED) is 0.0414. The predicted molar refractivity (Wildman–Crippen MR) is 161 cm³/mol. The van der Waals surface area contributed by atoms with Gasteiger partial charge in [-0.1, -0.05) is 12.1 Å². The Hall–Kier alpha value is -3.32. The number of nitrogens with two attached hydrogens (primary N) is 1. The van der Waals surface area contributed by atoms with E-state index in [1.807, 2.05) is 88.3 Å². The summed E-state index contributed by atoms with van der Waals surface area (Å²) in [5, 5.41) is 10.8. The number of aromatic nitrogens is 3. The largest absolute Gasteiger partial charge is 0.398 e. The van der Waals surface area contributed by atoms with Gasteiger partial charge in [-0.2, -0.15) is 0 Å². The number of fused-ring (bicyclic) bond motifs is 1. The van der Waals surface area contributed by atoms with Gasteiger partial charge in [-0.05, 0) is 52.4 Å². The molecule has 5 N–H and O–H groups in total. The molecular formula is C25H28IN8O3P. The highest BCUT2D eigenvalue weighted by atomic mass is 127. The molecule has 0 bridgehead atoms. The molecule has 1 atom stereocenters. The Bertz CT molecular complexity index is 1400. The van der Waals surface area contributed by atoms with E-state index in [1.54, 1.807) is 6.20 Å². The van der Waals surface area contributed by atoms with Crippen LogP contribution in [0.1, 0.15) is 12.0 Å². The first-order valence-electron chi connectivity index (χ1n) is 11.7. The first-order chi connectivity index (χ1) is 18.5. The van der Waals surface area contributed by atoms with E-state index in [0.29, 0.717) is 42.5 Å². The van der Waals surface area contributed by atoms with Gasteiger partial charge in [0.25, 0.3) is 0 Å². The third-order valence-electron chi connectivity index (χ3n) is 5.73. The summed E-state index contributed by atoms with van der Waals surface area (Å²) < 4.78 is 12.4. The zero-order valence-electron chi connectivity index (χ0n) is 20.6. The number of halogens is 1. The SMILES string of the molecule is CN(CCOCCC(=O)NOPI)c1ccc(Nc2nc(-c3ccc(C=N)c(N)c3)cn3ccnc23)cc1. The molecule has 0 saturated carbocycles. The van der Waals surface area contributed by atoms with Crippen LogP contribution < -0.4 is 21.4 Å². The van der Waals surface area contributed by atoms with E-state index in [2.05, 4.69) is 20.7 Å². The van der Waals surface area contributed by atoms with Crippen molar-refractivity contribution in [2.75, 3.05) is 42.8 Å². The fourth-order valence-electron chi connectivity index (χ4n) is 3.68. The maximum Gasteiger partial charge on any atom is 0.246 e. The van der Waals surface area contributed by atoms with Gasteiger partial charge in [0.15, 0.2) is 11.5 Å². The van der Waals surface area contributed by atoms with Crippen molar-refractivity contribution >= 4 is 69.1 Å². The number of nitrogen functional groups attached to an aromatic ring is 1. The minimum absolute atomic E-state index is 0.184. The lowest BCUT2D eigenvalue weighted by Crippen LogP contribution is -2.24. The number of hydrogen-bond acceptors (Lipinski definition) is 9. The average molecular weight is 646 g/mol. The van der Waals surface area contributed by atoms with Crippen LogP contribution in [0.3, 0.4) is 0 Å². The standard InChI is InChI=1S/C25H28IN8O3P/c1-33(11-13-36-12-8-23(35)32-37-38-26)20-6-4-19(5-7-20)30-24-25-29-9-10-34(25)16-22(31-24)17-2-3-18(15-27)21(28)14-17/h2-7,9-10,14-16,27,38H,8,11-13,28H2,1H3,(H,30,31)(H,32,35). The van der Waals surface area contributed by atoms with Crippen LogP contribution in [0.25, 0.3) is 16.9 Å². The highest BCUT2D eigenvalue weighted by Crippen LogP contribution is 2.27. The van der Waals surface area contributed by atoms with Crippen molar-refractivity contribution in [1.82, 2.24) is 19.8 Å². The Kier molecular flexibility index (Phi) is 9.82. The number of anilines is 4. The summed E-state index contributed by atoms with van der Waals surface area (Å²) in [6.07, 6.45) is 6.99. The number of nitrogens with zero attached hydrogens (tertiary/aromatic N) is 4. The Morgan fingerprint density at radius 2 is 2.08 bits per heavy atom. The van der Waals surface area contributed by atoms with Crippen molar-refractivity contribution in [2.24, 2.45) is 0 Å². The second kappa shape index (κ2) is 13.5. The summed E-state index contributed by atoms with van der Waals surface area (Å²) in [4.78, 5) is 22.8. The first kappa shape index (κ1) is 27.7. The lowest BCUT2D eigenvalue weighted by molar-refractivity contribution is -0.128. The van der Waals surface area contributed by atoms with Gasteiger partial charge in [-0.3, -0.25) is 4.79 Å². The van der Waals surface area contributed by atoms with E-state index in [0.717, 1.165) is 22.6 Å². The zero-order valence-corrected chi connectivity index (χ0v) is 23.8. The molecule has 2 heterocycles. The molecule has 4 aromatic rings. The Labute approximate surface area is 234 Å². The second-order valence-electron chi connectivity index (χ2n) is 8.28. The van der Waals surface area contributed by atoms with Crippen LogP contribution in [0.5, 0.6) is 0 Å². The number of carbonyl (C=O) groups is 1. The minimum atomic E-state index is -0.192. The lowest BCUT2D eigenvalue weighted by Gasteiger charge is -2.19. The molecular weight excluding hydrogens is 618 g/mol. The third kappa shape index (κ3) is 7.16. The molecule has 0 aliphatic rings. The zero-order chi connectivity index (χ0) is 26.9. The highest BCUT2D eigenvalue weighted by molar-refractivity contribution is 14.2. The van der Waals surface area contributed by atoms with Crippen LogP contribution in [-0.2, 0) is 14.2 Å².